The number of anilines is 1. The Balaban J connectivity index is 1.45. The Morgan fingerprint density at radius 1 is 0.852 bits per heavy atom. The predicted molar refractivity (Wildman–Crippen MR) is 108 cm³/mol. The zero-order valence-corrected chi connectivity index (χ0v) is 16.2. The summed E-state index contributed by atoms with van der Waals surface area (Å²) in [7, 11) is 0. The molecule has 5 rings (SSSR count). The Bertz CT molecular complexity index is 802. The van der Waals surface area contributed by atoms with E-state index in [-0.39, 0.29) is 16.7 Å². The Morgan fingerprint density at radius 2 is 1.52 bits per heavy atom. The smallest absolute Gasteiger partial charge is 0.168 e. The van der Waals surface area contributed by atoms with Gasteiger partial charge in [-0.05, 0) is 49.8 Å². The van der Waals surface area contributed by atoms with E-state index in [1.807, 2.05) is 0 Å². The largest absolute Gasteiger partial charge is 0.379 e. The molecule has 27 heavy (non-hydrogen) atoms. The van der Waals surface area contributed by atoms with Crippen LogP contribution in [0.25, 0.3) is 0 Å². The lowest BCUT2D eigenvalue weighted by atomic mass is 9.58. The lowest BCUT2D eigenvalue weighted by Gasteiger charge is -2.50. The highest BCUT2D eigenvalue weighted by Crippen LogP contribution is 2.58. The lowest BCUT2D eigenvalue weighted by Crippen LogP contribution is -2.55. The molecule has 2 fully saturated rings. The van der Waals surface area contributed by atoms with Crippen molar-refractivity contribution in [3.05, 3.63) is 65.7 Å². The van der Waals surface area contributed by atoms with Crippen LogP contribution in [0.5, 0.6) is 0 Å². The second-order valence-corrected chi connectivity index (χ2v) is 8.68. The molecule has 142 valence electrons. The molecular weight excluding hydrogens is 334 g/mol. The molecule has 1 saturated heterocycles. The van der Waals surface area contributed by atoms with Crippen LogP contribution in [-0.4, -0.2) is 24.5 Å². The third-order valence-corrected chi connectivity index (χ3v) is 7.34. The van der Waals surface area contributed by atoms with Gasteiger partial charge >= 0.3 is 0 Å². The van der Waals surface area contributed by atoms with Gasteiger partial charge in [0.2, 0.25) is 0 Å². The summed E-state index contributed by atoms with van der Waals surface area (Å²) in [5, 5.41) is 3.94. The molecule has 1 N–H and O–H groups in total. The van der Waals surface area contributed by atoms with Crippen LogP contribution < -0.4 is 5.32 Å². The molecule has 1 aliphatic carbocycles. The first-order valence-corrected chi connectivity index (χ1v) is 10.3. The molecule has 2 heterocycles. The summed E-state index contributed by atoms with van der Waals surface area (Å²) >= 11 is 0. The normalized spacial score (nSPS) is 27.6. The van der Waals surface area contributed by atoms with Crippen LogP contribution in [0.2, 0.25) is 0 Å². The van der Waals surface area contributed by atoms with Crippen LogP contribution in [0, 0.1) is 0 Å². The third-order valence-electron chi connectivity index (χ3n) is 7.34. The molecular formula is C24H29NO2. The van der Waals surface area contributed by atoms with Gasteiger partial charge in [-0.2, -0.15) is 0 Å². The average Bonchev–Trinajstić information content (AvgIpc) is 3.25. The molecule has 1 unspecified atom stereocenters. The van der Waals surface area contributed by atoms with Gasteiger partial charge in [0.25, 0.3) is 0 Å². The summed E-state index contributed by atoms with van der Waals surface area (Å²) in [6.45, 7) is 3.92. The Hall–Kier alpha value is -1.84. The molecule has 3 nitrogen and oxygen atoms in total. The number of hydrogen-bond donors (Lipinski definition) is 1. The Morgan fingerprint density at radius 3 is 2.26 bits per heavy atom. The van der Waals surface area contributed by atoms with Gasteiger partial charge in [0, 0.05) is 29.5 Å². The van der Waals surface area contributed by atoms with E-state index in [9.17, 15) is 0 Å². The molecule has 2 spiro atoms. The first kappa shape index (κ1) is 17.3. The van der Waals surface area contributed by atoms with Crippen molar-refractivity contribution in [3.8, 4) is 0 Å². The van der Waals surface area contributed by atoms with Crippen molar-refractivity contribution in [3.63, 3.8) is 0 Å². The topological polar surface area (TPSA) is 30.5 Å². The lowest BCUT2D eigenvalue weighted by molar-refractivity contribution is -0.187. The zero-order chi connectivity index (χ0) is 18.4. The van der Waals surface area contributed by atoms with Crippen molar-refractivity contribution in [2.45, 2.75) is 62.2 Å². The Labute approximate surface area is 162 Å². The van der Waals surface area contributed by atoms with E-state index in [1.165, 1.54) is 16.8 Å². The first-order valence-electron chi connectivity index (χ1n) is 10.3. The minimum absolute atomic E-state index is 0.0484. The highest BCUT2D eigenvalue weighted by atomic mass is 16.7. The molecule has 1 atom stereocenters. The van der Waals surface area contributed by atoms with Crippen LogP contribution in [0.15, 0.2) is 54.6 Å². The van der Waals surface area contributed by atoms with Crippen molar-refractivity contribution in [2.24, 2.45) is 0 Å². The van der Waals surface area contributed by atoms with Crippen LogP contribution >= 0.6 is 0 Å². The maximum Gasteiger partial charge on any atom is 0.168 e. The van der Waals surface area contributed by atoms with Gasteiger partial charge in [-0.1, -0.05) is 48.5 Å². The number of fused-ring (bicyclic) bond motifs is 2. The van der Waals surface area contributed by atoms with E-state index in [2.05, 4.69) is 66.8 Å². The molecule has 1 saturated carbocycles. The summed E-state index contributed by atoms with van der Waals surface area (Å²) < 4.78 is 12.1. The number of hydrogen-bond acceptors (Lipinski definition) is 3. The van der Waals surface area contributed by atoms with Crippen molar-refractivity contribution in [2.75, 3.05) is 18.5 Å². The molecule has 0 amide bonds. The second kappa shape index (κ2) is 6.35. The summed E-state index contributed by atoms with van der Waals surface area (Å²) in [6, 6.07) is 19.8. The van der Waals surface area contributed by atoms with Crippen molar-refractivity contribution in [1.82, 2.24) is 0 Å². The maximum atomic E-state index is 6.03. The minimum Gasteiger partial charge on any atom is -0.379 e. The van der Waals surface area contributed by atoms with Crippen molar-refractivity contribution < 1.29 is 9.47 Å². The molecule has 0 bridgehead atoms. The van der Waals surface area contributed by atoms with Gasteiger partial charge in [0.1, 0.15) is 0 Å². The average molecular weight is 364 g/mol. The Kier molecular flexibility index (Phi) is 4.06. The monoisotopic (exact) mass is 363 g/mol. The van der Waals surface area contributed by atoms with Gasteiger partial charge in [0.05, 0.1) is 13.2 Å². The van der Waals surface area contributed by atoms with E-state index in [0.29, 0.717) is 0 Å². The van der Waals surface area contributed by atoms with Gasteiger partial charge in [-0.3, -0.25) is 0 Å². The maximum absolute atomic E-state index is 6.03. The van der Waals surface area contributed by atoms with Gasteiger partial charge in [-0.15, -0.1) is 0 Å². The second-order valence-electron chi connectivity index (χ2n) is 8.68. The first-order chi connectivity index (χ1) is 13.1. The molecule has 2 aromatic carbocycles. The van der Waals surface area contributed by atoms with Gasteiger partial charge < -0.3 is 14.8 Å². The summed E-state index contributed by atoms with van der Waals surface area (Å²) in [5.41, 5.74) is 4.43. The fourth-order valence-electron chi connectivity index (χ4n) is 5.73. The minimum atomic E-state index is -0.316. The highest BCUT2D eigenvalue weighted by Gasteiger charge is 2.58. The van der Waals surface area contributed by atoms with Crippen LogP contribution in [0.4, 0.5) is 5.69 Å². The number of para-hydroxylation sites is 1. The van der Waals surface area contributed by atoms with Crippen LogP contribution in [-0.2, 0) is 21.3 Å². The van der Waals surface area contributed by atoms with Crippen molar-refractivity contribution in [1.29, 1.82) is 0 Å². The molecule has 2 aliphatic heterocycles. The number of aryl methyl sites for hydroxylation is 1. The third kappa shape index (κ3) is 2.71. The van der Waals surface area contributed by atoms with E-state index in [4.69, 9.17) is 9.47 Å². The number of benzene rings is 2. The zero-order valence-electron chi connectivity index (χ0n) is 16.2. The van der Waals surface area contributed by atoms with Gasteiger partial charge in [0.15, 0.2) is 5.79 Å². The highest BCUT2D eigenvalue weighted by molar-refractivity contribution is 5.64. The molecule has 3 heteroatoms. The fourth-order valence-corrected chi connectivity index (χ4v) is 5.73. The standard InChI is InChI=1S/C24H29NO2/c1-22(12-11-19-7-3-2-4-8-19)23(20-9-5-6-10-21(20)25-22)13-15-24(16-14-23)26-17-18-27-24/h2-10,25H,11-18H2,1H3. The van der Waals surface area contributed by atoms with E-state index >= 15 is 0 Å². The quantitative estimate of drug-likeness (QED) is 0.827. The number of rotatable bonds is 3. The van der Waals surface area contributed by atoms with E-state index in [0.717, 1.165) is 51.7 Å². The van der Waals surface area contributed by atoms with E-state index in [1.54, 1.807) is 0 Å². The number of ether oxygens (including phenoxy) is 2. The van der Waals surface area contributed by atoms with Gasteiger partial charge in [-0.25, -0.2) is 0 Å². The van der Waals surface area contributed by atoms with E-state index < -0.39 is 0 Å². The summed E-state index contributed by atoms with van der Waals surface area (Å²) in [4.78, 5) is 0. The number of nitrogens with one attached hydrogen (secondary N) is 1. The molecule has 2 aromatic rings. The molecule has 0 radical (unpaired) electrons. The summed E-state index contributed by atoms with van der Waals surface area (Å²) in [5.74, 6) is -0.316. The molecule has 3 aliphatic rings. The molecule has 0 aromatic heterocycles. The fraction of sp³-hybridized carbons (Fsp3) is 0.500. The summed E-state index contributed by atoms with van der Waals surface area (Å²) in [6.07, 6.45) is 6.43. The van der Waals surface area contributed by atoms with Crippen molar-refractivity contribution >= 4 is 5.69 Å². The SMILES string of the molecule is CC1(CCc2ccccc2)Nc2ccccc2C12CCC1(CC2)OCCO1. The van der Waals surface area contributed by atoms with Crippen LogP contribution in [0.1, 0.15) is 50.2 Å². The predicted octanol–water partition coefficient (Wildman–Crippen LogP) is 5.06. The van der Waals surface area contributed by atoms with Crippen LogP contribution in [0.3, 0.4) is 0 Å².